The number of carbonyl (C=O) groups is 4. The third-order valence-electron chi connectivity index (χ3n) is 4.48. The van der Waals surface area contributed by atoms with E-state index in [1.807, 2.05) is 0 Å². The number of ether oxygens (including phenoxy) is 2. The van der Waals surface area contributed by atoms with E-state index in [0.29, 0.717) is 5.69 Å². The minimum absolute atomic E-state index is 0.0456. The number of amides is 2. The number of hydrogen-bond acceptors (Lipinski definition) is 8. The van der Waals surface area contributed by atoms with Crippen LogP contribution in [0, 0.1) is 0 Å². The van der Waals surface area contributed by atoms with Crippen molar-refractivity contribution in [3.05, 3.63) is 41.1 Å². The third kappa shape index (κ3) is 5.57. The second-order valence-corrected chi connectivity index (χ2v) is 6.60. The maximum absolute atomic E-state index is 12.5. The molecule has 3 N–H and O–H groups in total. The van der Waals surface area contributed by atoms with Crippen LogP contribution in [0.3, 0.4) is 0 Å². The second kappa shape index (κ2) is 10.4. The molecule has 1 heterocycles. The Morgan fingerprint density at radius 1 is 1.17 bits per heavy atom. The van der Waals surface area contributed by atoms with E-state index in [-0.39, 0.29) is 43.3 Å². The van der Waals surface area contributed by atoms with Gasteiger partial charge in [0.05, 0.1) is 32.9 Å². The molecule has 1 aliphatic rings. The lowest BCUT2D eigenvalue weighted by Gasteiger charge is -2.16. The molecule has 10 nitrogen and oxygen atoms in total. The highest BCUT2D eigenvalue weighted by Crippen LogP contribution is 2.23. The van der Waals surface area contributed by atoms with Crippen molar-refractivity contribution in [2.45, 2.75) is 19.4 Å². The van der Waals surface area contributed by atoms with Gasteiger partial charge in [0.25, 0.3) is 5.91 Å². The Morgan fingerprint density at radius 2 is 1.83 bits per heavy atom. The van der Waals surface area contributed by atoms with Crippen molar-refractivity contribution < 1.29 is 33.8 Å². The van der Waals surface area contributed by atoms with Gasteiger partial charge in [0.2, 0.25) is 5.91 Å². The number of nitrogens with zero attached hydrogens (tertiary/aromatic N) is 1. The van der Waals surface area contributed by atoms with Gasteiger partial charge in [0, 0.05) is 25.6 Å². The summed E-state index contributed by atoms with van der Waals surface area (Å²) in [6, 6.07) is 6.00. The number of β-amino-alcohol motifs (C(OH)–C–C–N with tert-alkyl or cyclic N) is 1. The molecule has 0 aliphatic carbocycles. The number of carbonyl (C=O) groups excluding carboxylic acids is 4. The topological polar surface area (TPSA) is 134 Å². The van der Waals surface area contributed by atoms with Crippen molar-refractivity contribution in [2.75, 3.05) is 39.2 Å². The summed E-state index contributed by atoms with van der Waals surface area (Å²) < 4.78 is 9.46. The molecule has 30 heavy (non-hydrogen) atoms. The lowest BCUT2D eigenvalue weighted by atomic mass is 10.1. The van der Waals surface area contributed by atoms with E-state index >= 15 is 0 Å². The second-order valence-electron chi connectivity index (χ2n) is 6.60. The fourth-order valence-electron chi connectivity index (χ4n) is 3.03. The number of benzene rings is 1. The molecule has 0 saturated carbocycles. The minimum Gasteiger partial charge on any atom is -0.467 e. The summed E-state index contributed by atoms with van der Waals surface area (Å²) in [6.07, 6.45) is 0.228. The number of esters is 2. The Kier molecular flexibility index (Phi) is 7.93. The molecule has 1 unspecified atom stereocenters. The van der Waals surface area contributed by atoms with Crippen LogP contribution in [0.1, 0.15) is 12.5 Å². The van der Waals surface area contributed by atoms with Crippen LogP contribution < -0.4 is 10.6 Å². The van der Waals surface area contributed by atoms with E-state index in [2.05, 4.69) is 10.6 Å². The van der Waals surface area contributed by atoms with Gasteiger partial charge in [-0.2, -0.15) is 0 Å². The lowest BCUT2D eigenvalue weighted by Crippen LogP contribution is -2.41. The third-order valence-corrected chi connectivity index (χ3v) is 4.48. The number of aliphatic hydroxyl groups is 1. The monoisotopic (exact) mass is 419 g/mol. The lowest BCUT2D eigenvalue weighted by molar-refractivity contribution is -0.144. The summed E-state index contributed by atoms with van der Waals surface area (Å²) in [6.45, 7) is 1.23. The maximum Gasteiger partial charge on any atom is 0.337 e. The first-order valence-corrected chi connectivity index (χ1v) is 9.23. The first-order valence-electron chi connectivity index (χ1n) is 9.23. The Bertz CT molecular complexity index is 848. The zero-order chi connectivity index (χ0) is 22.3. The highest BCUT2D eigenvalue weighted by molar-refractivity contribution is 6.08. The van der Waals surface area contributed by atoms with Crippen molar-refractivity contribution in [3.63, 3.8) is 0 Å². The molecule has 0 fully saturated rings. The Labute approximate surface area is 173 Å². The number of aliphatic hydroxyl groups excluding tert-OH is 1. The SMILES string of the molecule is COC(=O)C1=C(Nc2ccc(CC(NC(C)=O)C(=O)OC)cc2)C(=O)N(CCO)C1. The molecule has 1 aromatic rings. The first kappa shape index (κ1) is 22.9. The molecule has 1 aromatic carbocycles. The van der Waals surface area contributed by atoms with Crippen molar-refractivity contribution in [1.29, 1.82) is 0 Å². The highest BCUT2D eigenvalue weighted by Gasteiger charge is 2.34. The van der Waals surface area contributed by atoms with Crippen molar-refractivity contribution >= 4 is 29.4 Å². The van der Waals surface area contributed by atoms with Crippen LogP contribution in [0.5, 0.6) is 0 Å². The summed E-state index contributed by atoms with van der Waals surface area (Å²) in [5, 5.41) is 14.6. The predicted octanol–water partition coefficient (Wildman–Crippen LogP) is -0.420. The molecule has 0 saturated heterocycles. The molecule has 1 aliphatic heterocycles. The Balaban J connectivity index is 2.17. The zero-order valence-electron chi connectivity index (χ0n) is 17.1. The van der Waals surface area contributed by atoms with Crippen LogP contribution in [0.25, 0.3) is 0 Å². The number of methoxy groups -OCH3 is 2. The molecule has 0 spiro atoms. The number of rotatable bonds is 9. The smallest absolute Gasteiger partial charge is 0.337 e. The molecule has 0 aromatic heterocycles. The van der Waals surface area contributed by atoms with Gasteiger partial charge in [0.15, 0.2) is 0 Å². The van der Waals surface area contributed by atoms with Crippen LogP contribution in [0.15, 0.2) is 35.5 Å². The fraction of sp³-hybridized carbons (Fsp3) is 0.400. The number of hydrogen-bond donors (Lipinski definition) is 3. The van der Waals surface area contributed by atoms with Crippen LogP contribution in [0.4, 0.5) is 5.69 Å². The van der Waals surface area contributed by atoms with Gasteiger partial charge in [-0.15, -0.1) is 0 Å². The first-order chi connectivity index (χ1) is 14.3. The zero-order valence-corrected chi connectivity index (χ0v) is 17.1. The molecule has 2 amide bonds. The molecule has 0 bridgehead atoms. The summed E-state index contributed by atoms with van der Waals surface area (Å²) in [5.74, 6) is -1.94. The van der Waals surface area contributed by atoms with Gasteiger partial charge in [0.1, 0.15) is 11.7 Å². The average molecular weight is 419 g/mol. The van der Waals surface area contributed by atoms with Gasteiger partial charge in [-0.1, -0.05) is 12.1 Å². The van der Waals surface area contributed by atoms with Gasteiger partial charge >= 0.3 is 11.9 Å². The molecule has 2 rings (SSSR count). The van der Waals surface area contributed by atoms with E-state index in [9.17, 15) is 19.2 Å². The van der Waals surface area contributed by atoms with Crippen LogP contribution >= 0.6 is 0 Å². The summed E-state index contributed by atoms with van der Waals surface area (Å²) >= 11 is 0. The fourth-order valence-corrected chi connectivity index (χ4v) is 3.03. The van der Waals surface area contributed by atoms with E-state index < -0.39 is 23.9 Å². The highest BCUT2D eigenvalue weighted by atomic mass is 16.5. The van der Waals surface area contributed by atoms with Crippen LogP contribution in [-0.4, -0.2) is 73.7 Å². The predicted molar refractivity (Wildman–Crippen MR) is 106 cm³/mol. The average Bonchev–Trinajstić information content (AvgIpc) is 3.03. The standard InChI is InChI=1S/C20H25N3O7/c1-12(25)21-16(20(28)30-3)10-13-4-6-14(7-5-13)22-17-15(19(27)29-2)11-23(8-9-24)18(17)26/h4-7,16,22,24H,8-11H2,1-3H3,(H,21,25). The summed E-state index contributed by atoms with van der Waals surface area (Å²) in [5.41, 5.74) is 1.57. The van der Waals surface area contributed by atoms with Gasteiger partial charge in [-0.3, -0.25) is 9.59 Å². The van der Waals surface area contributed by atoms with Crippen molar-refractivity contribution in [3.8, 4) is 0 Å². The normalized spacial score (nSPS) is 14.4. The van der Waals surface area contributed by atoms with Crippen LogP contribution in [-0.2, 0) is 35.1 Å². The van der Waals surface area contributed by atoms with E-state index in [1.165, 1.54) is 26.0 Å². The summed E-state index contributed by atoms with van der Waals surface area (Å²) in [4.78, 5) is 49.1. The van der Waals surface area contributed by atoms with Gasteiger partial charge in [-0.25, -0.2) is 9.59 Å². The Morgan fingerprint density at radius 3 is 2.37 bits per heavy atom. The van der Waals surface area contributed by atoms with Crippen LogP contribution in [0.2, 0.25) is 0 Å². The number of nitrogens with one attached hydrogen (secondary N) is 2. The molecule has 162 valence electrons. The minimum atomic E-state index is -0.816. The molecular weight excluding hydrogens is 394 g/mol. The molecule has 10 heteroatoms. The van der Waals surface area contributed by atoms with Crippen molar-refractivity contribution in [2.24, 2.45) is 0 Å². The molecular formula is C20H25N3O7. The van der Waals surface area contributed by atoms with E-state index in [0.717, 1.165) is 5.56 Å². The van der Waals surface area contributed by atoms with Gasteiger partial charge < -0.3 is 30.1 Å². The van der Waals surface area contributed by atoms with Crippen molar-refractivity contribution in [1.82, 2.24) is 10.2 Å². The molecule has 0 radical (unpaired) electrons. The van der Waals surface area contributed by atoms with Gasteiger partial charge in [-0.05, 0) is 17.7 Å². The Hall–Kier alpha value is -3.40. The van der Waals surface area contributed by atoms with E-state index in [1.54, 1.807) is 24.3 Å². The molecule has 1 atom stereocenters. The van der Waals surface area contributed by atoms with E-state index in [4.69, 9.17) is 14.6 Å². The largest absolute Gasteiger partial charge is 0.467 e. The summed E-state index contributed by atoms with van der Waals surface area (Å²) in [7, 11) is 2.48. The quantitative estimate of drug-likeness (QED) is 0.460. The maximum atomic E-state index is 12.5. The number of anilines is 1.